The lowest BCUT2D eigenvalue weighted by Crippen LogP contribution is -2.01. The molecular weight excluding hydrogens is 1110 g/mol. The van der Waals surface area contributed by atoms with Gasteiger partial charge in [-0.1, -0.05) is 194 Å². The molecule has 0 spiro atoms. The van der Waals surface area contributed by atoms with E-state index in [1.165, 1.54) is 67.4 Å². The van der Waals surface area contributed by atoms with Crippen LogP contribution < -0.4 is 0 Å². The molecule has 0 saturated heterocycles. The van der Waals surface area contributed by atoms with E-state index in [1.807, 2.05) is 108 Å². The minimum absolute atomic E-state index is 0.655. The van der Waals surface area contributed by atoms with Gasteiger partial charge in [-0.25, -0.2) is 29.9 Å². The summed E-state index contributed by atoms with van der Waals surface area (Å²) in [5, 5.41) is 10.0. The average Bonchev–Trinajstić information content (AvgIpc) is 1.72. The monoisotopic (exact) mass is 1160 g/mol. The molecule has 0 atom stereocenters. The minimum Gasteiger partial charge on any atom is -0.294 e. The zero-order valence-electron chi connectivity index (χ0n) is 47.1. The molecule has 0 bridgehead atoms. The molecule has 8 nitrogen and oxygen atoms in total. The van der Waals surface area contributed by atoms with Crippen LogP contribution in [-0.4, -0.2) is 39.0 Å². The molecule has 88 heavy (non-hydrogen) atoms. The molecular formula is C78H48N8S2. The van der Waals surface area contributed by atoms with Gasteiger partial charge in [0.2, 0.25) is 0 Å². The predicted octanol–water partition coefficient (Wildman–Crippen LogP) is 20.7. The lowest BCUT2D eigenvalue weighted by Gasteiger charge is -2.11. The maximum Gasteiger partial charge on any atom is 0.160 e. The first kappa shape index (κ1) is 51.1. The smallest absolute Gasteiger partial charge is 0.160 e. The molecule has 10 aromatic carbocycles. The van der Waals surface area contributed by atoms with Crippen molar-refractivity contribution in [2.45, 2.75) is 0 Å². The first-order valence-corrected chi connectivity index (χ1v) is 30.8. The number of rotatable bonds is 8. The van der Waals surface area contributed by atoms with E-state index in [9.17, 15) is 0 Å². The van der Waals surface area contributed by atoms with Crippen molar-refractivity contribution < 1.29 is 0 Å². The quantitative estimate of drug-likeness (QED) is 0.151. The van der Waals surface area contributed by atoms with Crippen molar-refractivity contribution in [3.8, 4) is 79.3 Å². The van der Waals surface area contributed by atoms with Crippen molar-refractivity contribution in [2.24, 2.45) is 0 Å². The summed E-state index contributed by atoms with van der Waals surface area (Å²) in [6.45, 7) is 0. The number of benzene rings is 10. The standard InChI is InChI=1S/C40H25N3S.C38H23N5S/c1-3-11-26(12-4-1)34-21-29(22-35(42-34)27-13-5-2-6-14-27)28-19-20-40(41-25-28)43-36-17-9-7-15-30(36)32-24-39-33(23-37(32)43)31-16-8-10-18-38(31)44-39;1-3-11-24(12-4-1)30-21-31(42-38(41-30)25-13-5-2-6-14-25)32-22-40-37(23-39-32)43-33-17-9-7-15-26(33)28-20-36-29(19-34(28)43)27-16-8-10-18-35(27)44-36/h1-25H;1-23H. The number of hydrogen-bond acceptors (Lipinski definition) is 8. The van der Waals surface area contributed by atoms with E-state index in [0.717, 1.165) is 84.3 Å². The van der Waals surface area contributed by atoms with Crippen LogP contribution >= 0.6 is 22.7 Å². The van der Waals surface area contributed by atoms with Crippen molar-refractivity contribution in [1.82, 2.24) is 39.0 Å². The largest absolute Gasteiger partial charge is 0.294 e. The minimum atomic E-state index is 0.655. The van der Waals surface area contributed by atoms with E-state index < -0.39 is 0 Å². The molecule has 412 valence electrons. The molecule has 0 aliphatic rings. The zero-order valence-corrected chi connectivity index (χ0v) is 48.7. The maximum absolute atomic E-state index is 5.08. The van der Waals surface area contributed by atoms with Gasteiger partial charge in [0.15, 0.2) is 11.6 Å². The van der Waals surface area contributed by atoms with Crippen LogP contribution in [0.2, 0.25) is 0 Å². The number of pyridine rings is 2. The van der Waals surface area contributed by atoms with E-state index in [4.69, 9.17) is 29.9 Å². The molecule has 0 amide bonds. The number of nitrogens with zero attached hydrogens (tertiary/aromatic N) is 8. The van der Waals surface area contributed by atoms with Crippen molar-refractivity contribution in [1.29, 1.82) is 0 Å². The third-order valence-electron chi connectivity index (χ3n) is 16.6. The Labute approximate surface area is 513 Å². The van der Waals surface area contributed by atoms with Gasteiger partial charge < -0.3 is 0 Å². The van der Waals surface area contributed by atoms with E-state index in [0.29, 0.717) is 11.5 Å². The van der Waals surface area contributed by atoms with Crippen LogP contribution in [0.3, 0.4) is 0 Å². The van der Waals surface area contributed by atoms with Gasteiger partial charge in [0, 0.05) is 95.9 Å². The Hall–Kier alpha value is -11.3. The number of para-hydroxylation sites is 2. The fourth-order valence-electron chi connectivity index (χ4n) is 12.4. The van der Waals surface area contributed by atoms with Crippen molar-refractivity contribution >= 4 is 107 Å². The van der Waals surface area contributed by atoms with Crippen LogP contribution in [0, 0.1) is 0 Å². The first-order valence-electron chi connectivity index (χ1n) is 29.2. The summed E-state index contributed by atoms with van der Waals surface area (Å²) in [6.07, 6.45) is 5.66. The second kappa shape index (κ2) is 21.3. The van der Waals surface area contributed by atoms with Gasteiger partial charge in [-0.15, -0.1) is 22.7 Å². The normalized spacial score (nSPS) is 11.6. The van der Waals surface area contributed by atoms with Crippen molar-refractivity contribution in [3.05, 3.63) is 292 Å². The molecule has 18 aromatic rings. The van der Waals surface area contributed by atoms with Crippen LogP contribution in [-0.2, 0) is 0 Å². The molecule has 0 fully saturated rings. The van der Waals surface area contributed by atoms with Gasteiger partial charge in [-0.2, -0.15) is 0 Å². The highest BCUT2D eigenvalue weighted by molar-refractivity contribution is 7.26. The maximum atomic E-state index is 5.08. The summed E-state index contributed by atoms with van der Waals surface area (Å²) in [5.41, 5.74) is 15.0. The van der Waals surface area contributed by atoms with Crippen LogP contribution in [0.25, 0.3) is 163 Å². The molecule has 0 aliphatic heterocycles. The predicted molar refractivity (Wildman–Crippen MR) is 367 cm³/mol. The van der Waals surface area contributed by atoms with Gasteiger partial charge in [-0.3, -0.25) is 9.13 Å². The number of hydrogen-bond donors (Lipinski definition) is 0. The number of thiophene rings is 2. The Morgan fingerprint density at radius 2 is 0.670 bits per heavy atom. The van der Waals surface area contributed by atoms with Crippen LogP contribution in [0.5, 0.6) is 0 Å². The molecule has 8 heterocycles. The molecule has 8 aromatic heterocycles. The Kier molecular flexibility index (Phi) is 12.4. The first-order chi connectivity index (χ1) is 43.6. The van der Waals surface area contributed by atoms with Gasteiger partial charge >= 0.3 is 0 Å². The number of aromatic nitrogens is 8. The number of fused-ring (bicyclic) bond motifs is 12. The third-order valence-corrected chi connectivity index (χ3v) is 18.8. The van der Waals surface area contributed by atoms with Crippen molar-refractivity contribution in [2.75, 3.05) is 0 Å². The Bertz CT molecular complexity index is 5190. The highest BCUT2D eigenvalue weighted by Gasteiger charge is 2.20. The summed E-state index contributed by atoms with van der Waals surface area (Å²) in [7, 11) is 0. The zero-order chi connectivity index (χ0) is 58.1. The third kappa shape index (κ3) is 8.97. The Morgan fingerprint density at radius 3 is 1.17 bits per heavy atom. The second-order valence-electron chi connectivity index (χ2n) is 21.8. The van der Waals surface area contributed by atoms with Crippen molar-refractivity contribution in [3.63, 3.8) is 0 Å². The average molecular weight is 1160 g/mol. The van der Waals surface area contributed by atoms with Gasteiger partial charge in [0.05, 0.1) is 57.2 Å². The summed E-state index contributed by atoms with van der Waals surface area (Å²) in [4.78, 5) is 29.9. The fourth-order valence-corrected chi connectivity index (χ4v) is 14.6. The highest BCUT2D eigenvalue weighted by Crippen LogP contribution is 2.43. The van der Waals surface area contributed by atoms with E-state index in [2.05, 4.69) is 215 Å². The molecule has 0 N–H and O–H groups in total. The lowest BCUT2D eigenvalue weighted by molar-refractivity contribution is 1.04. The van der Waals surface area contributed by atoms with Crippen LogP contribution in [0.1, 0.15) is 0 Å². The Morgan fingerprint density at radius 1 is 0.227 bits per heavy atom. The van der Waals surface area contributed by atoms with Gasteiger partial charge in [0.25, 0.3) is 0 Å². The van der Waals surface area contributed by atoms with Gasteiger partial charge in [0.1, 0.15) is 11.5 Å². The van der Waals surface area contributed by atoms with Crippen LogP contribution in [0.4, 0.5) is 0 Å². The van der Waals surface area contributed by atoms with Crippen LogP contribution in [0.15, 0.2) is 292 Å². The summed E-state index contributed by atoms with van der Waals surface area (Å²) in [6, 6.07) is 95.4. The molecule has 10 heteroatoms. The molecule has 0 saturated carbocycles. The highest BCUT2D eigenvalue weighted by atomic mass is 32.1. The van der Waals surface area contributed by atoms with Gasteiger partial charge in [-0.05, 0) is 84.4 Å². The SMILES string of the molecule is c1ccc(-c2cc(-c3ccc(-n4c5ccccc5c5cc6sc7ccccc7c6cc54)nc3)cc(-c3ccccc3)n2)cc1.c1ccc(-c2cc(-c3cnc(-n4c5ccccc5c5cc6sc7ccccc7c6cc54)cn3)nc(-c3ccccc3)n2)cc1. The second-order valence-corrected chi connectivity index (χ2v) is 24.0. The molecule has 0 radical (unpaired) electrons. The molecule has 0 aliphatic carbocycles. The Balaban J connectivity index is 0.000000137. The molecule has 0 unspecified atom stereocenters. The fraction of sp³-hybridized carbons (Fsp3) is 0. The summed E-state index contributed by atoms with van der Waals surface area (Å²) < 4.78 is 9.73. The molecule has 18 rings (SSSR count). The van der Waals surface area contributed by atoms with E-state index >= 15 is 0 Å². The lowest BCUT2D eigenvalue weighted by atomic mass is 10.0. The summed E-state index contributed by atoms with van der Waals surface area (Å²) >= 11 is 3.70. The summed E-state index contributed by atoms with van der Waals surface area (Å²) in [5.74, 6) is 2.32. The topological polar surface area (TPSA) is 87.2 Å². The van der Waals surface area contributed by atoms with E-state index in [-0.39, 0.29) is 0 Å². The van der Waals surface area contributed by atoms with E-state index in [1.54, 1.807) is 0 Å².